The van der Waals surface area contributed by atoms with Crippen LogP contribution in [-0.2, 0) is 24.8 Å². The van der Waals surface area contributed by atoms with Crippen LogP contribution in [0.4, 0.5) is 5.82 Å². The third kappa shape index (κ3) is 6.29. The van der Waals surface area contributed by atoms with E-state index < -0.39 is 6.10 Å². The number of pyridine rings is 3. The van der Waals surface area contributed by atoms with E-state index in [1.807, 2.05) is 12.1 Å². The van der Waals surface area contributed by atoms with Crippen molar-refractivity contribution in [3.05, 3.63) is 57.6 Å². The largest absolute Gasteiger partial charge is 0.390 e. The lowest BCUT2D eigenvalue weighted by molar-refractivity contribution is -0.113. The molecule has 2 atom stereocenters. The molecule has 0 saturated carbocycles. The highest BCUT2D eigenvalue weighted by Gasteiger charge is 2.28. The van der Waals surface area contributed by atoms with Crippen LogP contribution < -0.4 is 16.2 Å². The van der Waals surface area contributed by atoms with Gasteiger partial charge in [0.05, 0.1) is 39.0 Å². The smallest absolute Gasteiger partial charge is 0.250 e. The molecule has 1 saturated heterocycles. The minimum absolute atomic E-state index is 0. The highest BCUT2D eigenvalue weighted by molar-refractivity contribution is 8.00. The quantitative estimate of drug-likeness (QED) is 0.401. The summed E-state index contributed by atoms with van der Waals surface area (Å²) >= 11 is 1.48. The molecular formula is C25H29Cl2N7O3S. The Morgan fingerprint density at radius 3 is 2.84 bits per heavy atom. The summed E-state index contributed by atoms with van der Waals surface area (Å²) in [6.07, 6.45) is 2.35. The lowest BCUT2D eigenvalue weighted by Gasteiger charge is -2.36. The highest BCUT2D eigenvalue weighted by Crippen LogP contribution is 2.29. The van der Waals surface area contributed by atoms with E-state index in [2.05, 4.69) is 31.6 Å². The molecule has 5 rings (SSSR count). The molecule has 0 aliphatic carbocycles. The number of hydrogen-bond donors (Lipinski definition) is 3. The fourth-order valence-corrected chi connectivity index (χ4v) is 5.58. The van der Waals surface area contributed by atoms with Gasteiger partial charge in [0.15, 0.2) is 0 Å². The number of aryl methyl sites for hydroxylation is 1. The summed E-state index contributed by atoms with van der Waals surface area (Å²) in [7, 11) is 1.70. The van der Waals surface area contributed by atoms with Crippen molar-refractivity contribution in [1.82, 2.24) is 24.8 Å². The number of nitrogens with zero attached hydrogens (tertiary/aromatic N) is 5. The fraction of sp³-hybridized carbons (Fsp3) is 0.400. The molecule has 0 aromatic carbocycles. The van der Waals surface area contributed by atoms with E-state index in [0.29, 0.717) is 54.2 Å². The maximum Gasteiger partial charge on any atom is 0.250 e. The van der Waals surface area contributed by atoms with Crippen molar-refractivity contribution in [2.75, 3.05) is 30.7 Å². The molecule has 0 unspecified atom stereocenters. The summed E-state index contributed by atoms with van der Waals surface area (Å²) in [4.78, 5) is 35.9. The molecule has 5 heterocycles. The average molecular weight is 579 g/mol. The van der Waals surface area contributed by atoms with Crippen molar-refractivity contribution in [1.29, 1.82) is 5.26 Å². The molecule has 3 N–H and O–H groups in total. The molecule has 1 fully saturated rings. The Balaban J connectivity index is 0.00000200. The number of carbonyl (C=O) groups excluding carboxylic acids is 1. The average Bonchev–Trinajstić information content (AvgIpc) is 2.88. The molecule has 13 heteroatoms. The highest BCUT2D eigenvalue weighted by atomic mass is 35.5. The number of halogens is 2. The summed E-state index contributed by atoms with van der Waals surface area (Å²) in [6.45, 7) is 2.46. The predicted octanol–water partition coefficient (Wildman–Crippen LogP) is 1.86. The van der Waals surface area contributed by atoms with Crippen LogP contribution in [0.5, 0.6) is 0 Å². The number of likely N-dealkylation sites (tertiary alicyclic amines) is 1. The zero-order chi connectivity index (χ0) is 25.2. The number of rotatable bonds is 6. The van der Waals surface area contributed by atoms with Gasteiger partial charge >= 0.3 is 0 Å². The molecule has 0 spiro atoms. The van der Waals surface area contributed by atoms with Crippen LogP contribution >= 0.6 is 36.6 Å². The number of thioether (sulfide) groups is 1. The second kappa shape index (κ2) is 12.9. The van der Waals surface area contributed by atoms with Crippen molar-refractivity contribution in [3.63, 3.8) is 0 Å². The number of amides is 1. The van der Waals surface area contributed by atoms with Crippen LogP contribution in [0.25, 0.3) is 11.0 Å². The van der Waals surface area contributed by atoms with E-state index in [9.17, 15) is 20.0 Å². The minimum Gasteiger partial charge on any atom is -0.390 e. The van der Waals surface area contributed by atoms with E-state index in [1.165, 1.54) is 17.8 Å². The lowest BCUT2D eigenvalue weighted by Crippen LogP contribution is -2.52. The van der Waals surface area contributed by atoms with Gasteiger partial charge in [0.1, 0.15) is 11.9 Å². The molecule has 202 valence electrons. The van der Waals surface area contributed by atoms with Gasteiger partial charge in [0.2, 0.25) is 5.91 Å². The van der Waals surface area contributed by atoms with Crippen LogP contribution in [0.2, 0.25) is 0 Å². The molecule has 3 aromatic rings. The van der Waals surface area contributed by atoms with E-state index in [4.69, 9.17) is 0 Å². The first kappa shape index (κ1) is 29.8. The second-order valence-corrected chi connectivity index (χ2v) is 10.1. The summed E-state index contributed by atoms with van der Waals surface area (Å²) < 4.78 is 1.54. The number of nitrogens with one attached hydrogen (secondary N) is 2. The van der Waals surface area contributed by atoms with Crippen LogP contribution in [-0.4, -0.2) is 68.0 Å². The standard InChI is InChI=1S/C25H27N7O3S.2ClH/c1-31-23(35)5-3-19-24(31)17(15(10-26)11-27-19)6-8-32-9-7-18(20(33)13-32)28-12-16-2-4-21-25(29-16)30-22(34)14-36-21;;/h2-5,11,18,20,28,33H,6-9,12-14H2,1H3,(H,29,30,34);2*1H/t18-,20+;;/m0../s1. The zero-order valence-electron chi connectivity index (χ0n) is 20.7. The zero-order valence-corrected chi connectivity index (χ0v) is 23.2. The number of hydrogen-bond acceptors (Lipinski definition) is 9. The van der Waals surface area contributed by atoms with Crippen LogP contribution in [0.15, 0.2) is 40.2 Å². The molecule has 0 radical (unpaired) electrons. The maximum absolute atomic E-state index is 12.2. The van der Waals surface area contributed by atoms with Gasteiger partial charge in [-0.2, -0.15) is 5.26 Å². The van der Waals surface area contributed by atoms with Crippen molar-refractivity contribution >= 4 is 59.3 Å². The molecule has 10 nitrogen and oxygen atoms in total. The van der Waals surface area contributed by atoms with Gasteiger partial charge in [-0.15, -0.1) is 36.6 Å². The fourth-order valence-electron chi connectivity index (χ4n) is 4.82. The van der Waals surface area contributed by atoms with Crippen LogP contribution in [0, 0.1) is 11.3 Å². The van der Waals surface area contributed by atoms with Crippen molar-refractivity contribution in [2.24, 2.45) is 7.05 Å². The third-order valence-electron chi connectivity index (χ3n) is 6.78. The Kier molecular flexibility index (Phi) is 10.1. The lowest BCUT2D eigenvalue weighted by atomic mass is 10.00. The second-order valence-electron chi connectivity index (χ2n) is 9.11. The summed E-state index contributed by atoms with van der Waals surface area (Å²) in [5.41, 5.74) is 3.31. The Morgan fingerprint density at radius 1 is 1.26 bits per heavy atom. The number of piperidine rings is 1. The number of aliphatic hydroxyl groups excluding tert-OH is 1. The molecule has 3 aromatic heterocycles. The molecule has 2 aliphatic rings. The Labute approximate surface area is 236 Å². The first-order valence-corrected chi connectivity index (χ1v) is 12.9. The Bertz CT molecular complexity index is 1430. The van der Waals surface area contributed by atoms with Gasteiger partial charge in [-0.25, -0.2) is 4.98 Å². The molecule has 1 amide bonds. The van der Waals surface area contributed by atoms with Gasteiger partial charge < -0.3 is 25.2 Å². The summed E-state index contributed by atoms with van der Waals surface area (Å²) in [6, 6.07) is 9.21. The van der Waals surface area contributed by atoms with E-state index in [-0.39, 0.29) is 42.3 Å². The number of carbonyl (C=O) groups is 1. The summed E-state index contributed by atoms with van der Waals surface area (Å²) in [5, 5.41) is 26.6. The summed E-state index contributed by atoms with van der Waals surface area (Å²) in [5.74, 6) is 0.963. The molecule has 0 bridgehead atoms. The van der Waals surface area contributed by atoms with E-state index in [0.717, 1.165) is 29.1 Å². The first-order chi connectivity index (χ1) is 17.4. The molecule has 2 aliphatic heterocycles. The predicted molar refractivity (Wildman–Crippen MR) is 151 cm³/mol. The molecule has 38 heavy (non-hydrogen) atoms. The minimum atomic E-state index is -0.555. The van der Waals surface area contributed by atoms with Crippen molar-refractivity contribution in [3.8, 4) is 6.07 Å². The van der Waals surface area contributed by atoms with Crippen molar-refractivity contribution in [2.45, 2.75) is 36.4 Å². The van der Waals surface area contributed by atoms with Crippen molar-refractivity contribution < 1.29 is 9.90 Å². The topological polar surface area (TPSA) is 136 Å². The van der Waals surface area contributed by atoms with E-state index in [1.54, 1.807) is 23.9 Å². The van der Waals surface area contributed by atoms with Crippen LogP contribution in [0.1, 0.15) is 23.2 Å². The Morgan fingerprint density at radius 2 is 2.08 bits per heavy atom. The number of nitriles is 1. The normalized spacial score (nSPS) is 19.0. The van der Waals surface area contributed by atoms with Gasteiger partial charge in [-0.1, -0.05) is 0 Å². The number of anilines is 1. The number of fused-ring (bicyclic) bond motifs is 2. The van der Waals surface area contributed by atoms with Gasteiger partial charge in [-0.3, -0.25) is 14.6 Å². The third-order valence-corrected chi connectivity index (χ3v) is 7.83. The molecular weight excluding hydrogens is 549 g/mol. The van der Waals surface area contributed by atoms with Gasteiger partial charge in [0, 0.05) is 45.0 Å². The number of aromatic nitrogens is 3. The van der Waals surface area contributed by atoms with E-state index >= 15 is 0 Å². The van der Waals surface area contributed by atoms with Gasteiger partial charge in [-0.05, 0) is 43.1 Å². The van der Waals surface area contributed by atoms with Gasteiger partial charge in [0.25, 0.3) is 5.56 Å². The SMILES string of the molecule is Cl.Cl.Cn1c(=O)ccc2ncc(C#N)c(CCN3CC[C@H](NCc4ccc5c(n4)NC(=O)CS5)[C@H](O)C3)c21. The number of β-amino-alcohol motifs (C(OH)–C–C–N with tert-alkyl or cyclic N) is 1. The van der Waals surface area contributed by atoms with Crippen LogP contribution in [0.3, 0.4) is 0 Å². The number of aliphatic hydroxyl groups is 1. The first-order valence-electron chi connectivity index (χ1n) is 11.9. The Hall–Kier alpha value is -2.72. The monoisotopic (exact) mass is 577 g/mol. The maximum atomic E-state index is 12.2.